The average Bonchev–Trinajstić information content (AvgIpc) is 3.35. The van der Waals surface area contributed by atoms with Crippen LogP contribution in [0.2, 0.25) is 0 Å². The minimum absolute atomic E-state index is 0.247. The van der Waals surface area contributed by atoms with Gasteiger partial charge in [-0.2, -0.15) is 0 Å². The van der Waals surface area contributed by atoms with Crippen molar-refractivity contribution in [3.05, 3.63) is 69.7 Å². The van der Waals surface area contributed by atoms with E-state index in [0.29, 0.717) is 23.3 Å². The third kappa shape index (κ3) is 3.90. The Labute approximate surface area is 168 Å². The third-order valence-corrected chi connectivity index (χ3v) is 5.93. The maximum Gasteiger partial charge on any atom is 0.286 e. The maximum absolute atomic E-state index is 12.4. The van der Waals surface area contributed by atoms with Crippen molar-refractivity contribution in [3.8, 4) is 5.75 Å². The van der Waals surface area contributed by atoms with Crippen LogP contribution in [-0.4, -0.2) is 35.2 Å². The van der Waals surface area contributed by atoms with E-state index in [0.717, 1.165) is 23.6 Å². The molecule has 1 aliphatic carbocycles. The van der Waals surface area contributed by atoms with E-state index in [9.17, 15) is 4.79 Å². The van der Waals surface area contributed by atoms with Crippen molar-refractivity contribution in [2.45, 2.75) is 25.4 Å². The number of anilines is 1. The molecule has 28 heavy (non-hydrogen) atoms. The number of hydrogen-bond acceptors (Lipinski definition) is 6. The second-order valence-corrected chi connectivity index (χ2v) is 7.91. The summed E-state index contributed by atoms with van der Waals surface area (Å²) in [6, 6.07) is 16.2. The number of nitrogens with one attached hydrogen (secondary N) is 1. The monoisotopic (exact) mass is 394 g/mol. The Hall–Kier alpha value is -2.77. The maximum atomic E-state index is 12.4. The van der Waals surface area contributed by atoms with Crippen LogP contribution in [0.5, 0.6) is 5.75 Å². The minimum atomic E-state index is -0.247. The number of carbonyl (C=O) groups excluding carboxylic acids is 1. The number of nitrogens with zero attached hydrogens (tertiary/aromatic N) is 3. The molecule has 1 atom stereocenters. The van der Waals surface area contributed by atoms with Crippen molar-refractivity contribution in [3.63, 3.8) is 0 Å². The first-order valence-corrected chi connectivity index (χ1v) is 10.0. The number of carbonyl (C=O) groups is 1. The van der Waals surface area contributed by atoms with Crippen LogP contribution in [0.25, 0.3) is 0 Å². The van der Waals surface area contributed by atoms with Crippen LogP contribution < -0.4 is 10.1 Å². The van der Waals surface area contributed by atoms with Crippen LogP contribution in [0.3, 0.4) is 0 Å². The molecule has 0 saturated carbocycles. The molecular weight excluding hydrogens is 372 g/mol. The summed E-state index contributed by atoms with van der Waals surface area (Å²) < 4.78 is 5.13. The summed E-state index contributed by atoms with van der Waals surface area (Å²) in [6.45, 7) is 0.673. The summed E-state index contributed by atoms with van der Waals surface area (Å²) >= 11 is 1.34. The molecule has 3 aromatic rings. The molecule has 0 radical (unpaired) electrons. The summed E-state index contributed by atoms with van der Waals surface area (Å²) in [5.74, 6) is 0.496. The molecule has 0 fully saturated rings. The van der Waals surface area contributed by atoms with Gasteiger partial charge >= 0.3 is 0 Å². The smallest absolute Gasteiger partial charge is 0.286 e. The van der Waals surface area contributed by atoms with E-state index in [-0.39, 0.29) is 5.91 Å². The van der Waals surface area contributed by atoms with Crippen molar-refractivity contribution < 1.29 is 9.53 Å². The molecule has 6 nitrogen and oxygen atoms in total. The molecule has 1 aliphatic rings. The van der Waals surface area contributed by atoms with E-state index in [1.165, 1.54) is 22.5 Å². The van der Waals surface area contributed by atoms with Crippen molar-refractivity contribution in [1.82, 2.24) is 15.1 Å². The average molecular weight is 395 g/mol. The predicted molar refractivity (Wildman–Crippen MR) is 110 cm³/mol. The third-order valence-electron chi connectivity index (χ3n) is 5.03. The number of aromatic nitrogens is 2. The van der Waals surface area contributed by atoms with Crippen LogP contribution in [0, 0.1) is 0 Å². The quantitative estimate of drug-likeness (QED) is 0.686. The number of methoxy groups -OCH3 is 1. The molecule has 7 heteroatoms. The van der Waals surface area contributed by atoms with Crippen LogP contribution in [0.15, 0.2) is 48.5 Å². The fourth-order valence-electron chi connectivity index (χ4n) is 3.58. The minimum Gasteiger partial charge on any atom is -0.497 e. The number of benzene rings is 2. The van der Waals surface area contributed by atoms with Gasteiger partial charge in [-0.1, -0.05) is 35.6 Å². The van der Waals surface area contributed by atoms with Crippen LogP contribution in [-0.2, 0) is 13.0 Å². The van der Waals surface area contributed by atoms with Gasteiger partial charge in [0.2, 0.25) is 5.01 Å². The molecule has 0 bridgehead atoms. The number of aryl methyl sites for hydroxylation is 1. The van der Waals surface area contributed by atoms with Gasteiger partial charge in [-0.15, -0.1) is 10.2 Å². The van der Waals surface area contributed by atoms with Crippen LogP contribution in [0.1, 0.15) is 38.4 Å². The highest BCUT2D eigenvalue weighted by Gasteiger charge is 2.26. The lowest BCUT2D eigenvalue weighted by Gasteiger charge is -2.23. The van der Waals surface area contributed by atoms with Gasteiger partial charge < -0.3 is 10.1 Å². The van der Waals surface area contributed by atoms with E-state index in [1.54, 1.807) is 31.4 Å². The molecule has 0 unspecified atom stereocenters. The number of ether oxygens (including phenoxy) is 1. The molecule has 0 aliphatic heterocycles. The highest BCUT2D eigenvalue weighted by atomic mass is 32.1. The zero-order valence-electron chi connectivity index (χ0n) is 15.9. The molecule has 1 amide bonds. The summed E-state index contributed by atoms with van der Waals surface area (Å²) in [6.07, 6.45) is 2.22. The Morgan fingerprint density at radius 3 is 2.79 bits per heavy atom. The molecule has 144 valence electrons. The Balaban J connectivity index is 1.39. The number of amides is 1. The Morgan fingerprint density at radius 1 is 1.21 bits per heavy atom. The first kappa shape index (κ1) is 18.6. The van der Waals surface area contributed by atoms with Crippen molar-refractivity contribution >= 4 is 22.9 Å². The lowest BCUT2D eigenvalue weighted by Crippen LogP contribution is -2.22. The van der Waals surface area contributed by atoms with Crippen LogP contribution in [0.4, 0.5) is 5.69 Å². The zero-order valence-corrected chi connectivity index (χ0v) is 16.7. The van der Waals surface area contributed by atoms with Gasteiger partial charge in [0.1, 0.15) is 10.8 Å². The van der Waals surface area contributed by atoms with E-state index in [1.807, 2.05) is 0 Å². The zero-order chi connectivity index (χ0) is 19.5. The van der Waals surface area contributed by atoms with Gasteiger partial charge in [0.25, 0.3) is 5.91 Å². The second kappa shape index (κ2) is 8.08. The molecule has 1 N–H and O–H groups in total. The van der Waals surface area contributed by atoms with Gasteiger partial charge in [0.15, 0.2) is 0 Å². The highest BCUT2D eigenvalue weighted by molar-refractivity contribution is 7.13. The van der Waals surface area contributed by atoms with E-state index < -0.39 is 0 Å². The van der Waals surface area contributed by atoms with Gasteiger partial charge in [0, 0.05) is 11.7 Å². The van der Waals surface area contributed by atoms with Gasteiger partial charge in [-0.25, -0.2) is 0 Å². The first-order valence-electron chi connectivity index (χ1n) is 9.20. The molecular formula is C21H22N4O2S. The topological polar surface area (TPSA) is 67.3 Å². The molecule has 1 aromatic heterocycles. The first-order chi connectivity index (χ1) is 13.6. The molecule has 2 aromatic carbocycles. The van der Waals surface area contributed by atoms with Gasteiger partial charge in [-0.05, 0) is 55.3 Å². The summed E-state index contributed by atoms with van der Waals surface area (Å²) in [5, 5.41) is 12.3. The SMILES string of the molecule is COc1ccc(NC(=O)c2nnc(CN(C)[C@H]3CCc4ccccc43)s2)cc1. The predicted octanol–water partition coefficient (Wildman–Crippen LogP) is 3.92. The fraction of sp³-hybridized carbons (Fsp3) is 0.286. The number of hydrogen-bond donors (Lipinski definition) is 1. The van der Waals surface area contributed by atoms with Crippen molar-refractivity contribution in [1.29, 1.82) is 0 Å². The van der Waals surface area contributed by atoms with Crippen molar-refractivity contribution in [2.24, 2.45) is 0 Å². The number of fused-ring (bicyclic) bond motifs is 1. The molecule has 0 saturated heterocycles. The standard InChI is InChI=1S/C21H22N4O2S/c1-25(18-12-7-14-5-3-4-6-17(14)18)13-19-23-24-21(28-19)20(26)22-15-8-10-16(27-2)11-9-15/h3-6,8-11,18H,7,12-13H2,1-2H3,(H,22,26)/t18-/m0/s1. The largest absolute Gasteiger partial charge is 0.497 e. The Bertz CT molecular complexity index is 971. The second-order valence-electron chi connectivity index (χ2n) is 6.85. The molecule has 0 spiro atoms. The Kier molecular flexibility index (Phi) is 5.36. The lowest BCUT2D eigenvalue weighted by molar-refractivity contribution is 0.102. The highest BCUT2D eigenvalue weighted by Crippen LogP contribution is 2.35. The van der Waals surface area contributed by atoms with Crippen molar-refractivity contribution in [2.75, 3.05) is 19.5 Å². The lowest BCUT2D eigenvalue weighted by atomic mass is 10.1. The normalized spacial score (nSPS) is 15.5. The van der Waals surface area contributed by atoms with E-state index >= 15 is 0 Å². The van der Waals surface area contributed by atoms with Gasteiger partial charge in [-0.3, -0.25) is 9.69 Å². The molecule has 1 heterocycles. The van der Waals surface area contributed by atoms with Gasteiger partial charge in [0.05, 0.1) is 13.7 Å². The summed E-state index contributed by atoms with van der Waals surface area (Å²) in [7, 11) is 3.71. The summed E-state index contributed by atoms with van der Waals surface area (Å²) in [5.41, 5.74) is 3.52. The Morgan fingerprint density at radius 2 is 2.00 bits per heavy atom. The van der Waals surface area contributed by atoms with E-state index in [4.69, 9.17) is 4.74 Å². The van der Waals surface area contributed by atoms with E-state index in [2.05, 4.69) is 51.7 Å². The fourth-order valence-corrected chi connectivity index (χ4v) is 4.38. The summed E-state index contributed by atoms with van der Waals surface area (Å²) in [4.78, 5) is 14.7. The number of rotatable bonds is 6. The van der Waals surface area contributed by atoms with Crippen LogP contribution >= 0.6 is 11.3 Å². The molecule has 4 rings (SSSR count).